The predicted molar refractivity (Wildman–Crippen MR) is 86.6 cm³/mol. The Kier molecular flexibility index (Phi) is 6.76. The first-order chi connectivity index (χ1) is 11.2. The van der Waals surface area contributed by atoms with Crippen LogP contribution >= 0.6 is 0 Å². The highest BCUT2D eigenvalue weighted by Crippen LogP contribution is 2.15. The third-order valence-corrected chi connectivity index (χ3v) is 4.09. The summed E-state index contributed by atoms with van der Waals surface area (Å²) >= 11 is 0. The highest BCUT2D eigenvalue weighted by Gasteiger charge is 2.22. The number of halogens is 2. The number of guanidine groups is 1. The summed E-state index contributed by atoms with van der Waals surface area (Å²) in [7, 11) is 0. The monoisotopic (exact) mass is 328 g/mol. The van der Waals surface area contributed by atoms with Crippen molar-refractivity contribution in [1.82, 2.24) is 25.1 Å². The van der Waals surface area contributed by atoms with E-state index in [0.717, 1.165) is 30.7 Å². The average molecular weight is 328 g/mol. The molecule has 1 aliphatic rings. The van der Waals surface area contributed by atoms with Crippen molar-refractivity contribution in [2.24, 2.45) is 4.99 Å². The average Bonchev–Trinajstić information content (AvgIpc) is 3.18. The van der Waals surface area contributed by atoms with Crippen LogP contribution in [0.1, 0.15) is 39.1 Å². The van der Waals surface area contributed by atoms with E-state index < -0.39 is 6.55 Å². The molecule has 1 aromatic rings. The van der Waals surface area contributed by atoms with Gasteiger partial charge in [-0.3, -0.25) is 9.47 Å². The van der Waals surface area contributed by atoms with Crippen LogP contribution in [0.25, 0.3) is 0 Å². The minimum Gasteiger partial charge on any atom is -0.357 e. The van der Waals surface area contributed by atoms with Gasteiger partial charge in [0.1, 0.15) is 12.4 Å². The van der Waals surface area contributed by atoms with Gasteiger partial charge < -0.3 is 10.6 Å². The molecule has 130 valence electrons. The predicted octanol–water partition coefficient (Wildman–Crippen LogP) is 1.82. The van der Waals surface area contributed by atoms with E-state index in [2.05, 4.69) is 32.4 Å². The fourth-order valence-electron chi connectivity index (χ4n) is 2.89. The second-order valence-electron chi connectivity index (χ2n) is 5.53. The summed E-state index contributed by atoms with van der Waals surface area (Å²) in [5, 5.41) is 6.46. The SMILES string of the molecule is CCNC(=NCc1nccn1C(F)F)NCC1CCCN1CC. The normalized spacial score (nSPS) is 19.5. The highest BCUT2D eigenvalue weighted by molar-refractivity contribution is 5.79. The number of rotatable bonds is 7. The van der Waals surface area contributed by atoms with Crippen LogP contribution in [0.15, 0.2) is 17.4 Å². The Hall–Kier alpha value is -1.70. The zero-order valence-corrected chi connectivity index (χ0v) is 13.8. The van der Waals surface area contributed by atoms with Crippen molar-refractivity contribution in [2.45, 2.75) is 45.8 Å². The lowest BCUT2D eigenvalue weighted by Crippen LogP contribution is -2.44. The summed E-state index contributed by atoms with van der Waals surface area (Å²) in [6, 6.07) is 0.506. The van der Waals surface area contributed by atoms with Gasteiger partial charge in [-0.2, -0.15) is 8.78 Å². The van der Waals surface area contributed by atoms with E-state index in [4.69, 9.17) is 0 Å². The molecule has 1 unspecified atom stereocenters. The number of aliphatic imine (C=N–C) groups is 1. The zero-order valence-electron chi connectivity index (χ0n) is 13.8. The van der Waals surface area contributed by atoms with Crippen molar-refractivity contribution in [3.63, 3.8) is 0 Å². The first kappa shape index (κ1) is 17.7. The van der Waals surface area contributed by atoms with Crippen LogP contribution in [0.2, 0.25) is 0 Å². The molecule has 0 aromatic carbocycles. The maximum Gasteiger partial charge on any atom is 0.319 e. The first-order valence-electron chi connectivity index (χ1n) is 8.21. The van der Waals surface area contributed by atoms with Crippen LogP contribution < -0.4 is 10.6 Å². The van der Waals surface area contributed by atoms with Gasteiger partial charge in [-0.25, -0.2) is 9.98 Å². The molecule has 23 heavy (non-hydrogen) atoms. The summed E-state index contributed by atoms with van der Waals surface area (Å²) in [6.45, 7) is 5.39. The lowest BCUT2D eigenvalue weighted by Gasteiger charge is -2.24. The van der Waals surface area contributed by atoms with Gasteiger partial charge >= 0.3 is 6.55 Å². The number of nitrogens with zero attached hydrogens (tertiary/aromatic N) is 4. The third-order valence-electron chi connectivity index (χ3n) is 4.09. The number of likely N-dealkylation sites (N-methyl/N-ethyl adjacent to an activating group) is 1. The molecule has 0 spiro atoms. The Morgan fingerprint density at radius 2 is 2.26 bits per heavy atom. The van der Waals surface area contributed by atoms with Gasteiger partial charge in [-0.1, -0.05) is 6.92 Å². The van der Waals surface area contributed by atoms with E-state index in [1.54, 1.807) is 0 Å². The molecule has 2 rings (SSSR count). The molecule has 2 N–H and O–H groups in total. The van der Waals surface area contributed by atoms with E-state index in [-0.39, 0.29) is 12.4 Å². The number of hydrogen-bond donors (Lipinski definition) is 2. The van der Waals surface area contributed by atoms with E-state index in [9.17, 15) is 8.78 Å². The van der Waals surface area contributed by atoms with Crippen LogP contribution in [0.5, 0.6) is 0 Å². The van der Waals surface area contributed by atoms with Crippen molar-refractivity contribution >= 4 is 5.96 Å². The molecule has 1 fully saturated rings. The van der Waals surface area contributed by atoms with Crippen molar-refractivity contribution in [3.05, 3.63) is 18.2 Å². The minimum absolute atomic E-state index is 0.120. The topological polar surface area (TPSA) is 57.5 Å². The molecule has 0 aliphatic carbocycles. The number of aromatic nitrogens is 2. The van der Waals surface area contributed by atoms with Crippen LogP contribution in [0.4, 0.5) is 8.78 Å². The van der Waals surface area contributed by atoms with Crippen LogP contribution in [0.3, 0.4) is 0 Å². The lowest BCUT2D eigenvalue weighted by molar-refractivity contribution is 0.0671. The molecular formula is C15H26F2N6. The van der Waals surface area contributed by atoms with Gasteiger partial charge in [0.25, 0.3) is 0 Å². The second kappa shape index (κ2) is 8.81. The quantitative estimate of drug-likeness (QED) is 0.592. The number of likely N-dealkylation sites (tertiary alicyclic amines) is 1. The fourth-order valence-corrected chi connectivity index (χ4v) is 2.89. The van der Waals surface area contributed by atoms with E-state index >= 15 is 0 Å². The smallest absolute Gasteiger partial charge is 0.319 e. The van der Waals surface area contributed by atoms with Crippen molar-refractivity contribution < 1.29 is 8.78 Å². The van der Waals surface area contributed by atoms with E-state index in [1.165, 1.54) is 25.2 Å². The molecule has 1 aliphatic heterocycles. The zero-order chi connectivity index (χ0) is 16.7. The second-order valence-corrected chi connectivity index (χ2v) is 5.53. The van der Waals surface area contributed by atoms with Gasteiger partial charge in [0.2, 0.25) is 0 Å². The lowest BCUT2D eigenvalue weighted by atomic mass is 10.2. The van der Waals surface area contributed by atoms with Gasteiger partial charge in [-0.05, 0) is 32.9 Å². The molecule has 8 heteroatoms. The Bertz CT molecular complexity index is 502. The summed E-state index contributed by atoms with van der Waals surface area (Å²) < 4.78 is 26.4. The molecule has 6 nitrogen and oxygen atoms in total. The van der Waals surface area contributed by atoms with Gasteiger partial charge in [0.15, 0.2) is 5.96 Å². The van der Waals surface area contributed by atoms with Gasteiger partial charge in [0, 0.05) is 31.5 Å². The largest absolute Gasteiger partial charge is 0.357 e. The molecule has 0 amide bonds. The Labute approximate surface area is 136 Å². The summed E-state index contributed by atoms with van der Waals surface area (Å²) in [5.41, 5.74) is 0. The third kappa shape index (κ3) is 4.89. The summed E-state index contributed by atoms with van der Waals surface area (Å²) in [4.78, 5) is 10.8. The number of imidazole rings is 1. The van der Waals surface area contributed by atoms with Crippen molar-refractivity contribution in [1.29, 1.82) is 0 Å². The van der Waals surface area contributed by atoms with Crippen molar-refractivity contribution in [3.8, 4) is 0 Å². The molecule has 2 heterocycles. The minimum atomic E-state index is -2.59. The van der Waals surface area contributed by atoms with Crippen molar-refractivity contribution in [2.75, 3.05) is 26.2 Å². The molecule has 1 saturated heterocycles. The Morgan fingerprint density at radius 1 is 1.43 bits per heavy atom. The molecule has 0 saturated carbocycles. The van der Waals surface area contributed by atoms with Gasteiger partial charge in [-0.15, -0.1) is 0 Å². The standard InChI is InChI=1S/C15H26F2N6/c1-3-18-15(20-10-12-6-5-8-22(12)4-2)21-11-13-19-7-9-23(13)14(16)17/h7,9,12,14H,3-6,8,10-11H2,1-2H3,(H2,18,20,21). The van der Waals surface area contributed by atoms with Crippen LogP contribution in [-0.2, 0) is 6.54 Å². The number of nitrogens with one attached hydrogen (secondary N) is 2. The maximum atomic E-state index is 12.8. The Morgan fingerprint density at radius 3 is 2.96 bits per heavy atom. The summed E-state index contributed by atoms with van der Waals surface area (Å²) in [5.74, 6) is 0.896. The molecular weight excluding hydrogens is 302 g/mol. The summed E-state index contributed by atoms with van der Waals surface area (Å²) in [6.07, 6.45) is 5.04. The van der Waals surface area contributed by atoms with Crippen LogP contribution in [-0.4, -0.2) is 52.6 Å². The number of hydrogen-bond acceptors (Lipinski definition) is 3. The maximum absolute atomic E-state index is 12.8. The van der Waals surface area contributed by atoms with Gasteiger partial charge in [0.05, 0.1) is 0 Å². The molecule has 1 atom stereocenters. The fraction of sp³-hybridized carbons (Fsp3) is 0.733. The molecule has 1 aromatic heterocycles. The van der Waals surface area contributed by atoms with E-state index in [0.29, 0.717) is 12.0 Å². The van der Waals surface area contributed by atoms with Crippen LogP contribution in [0, 0.1) is 0 Å². The first-order valence-corrected chi connectivity index (χ1v) is 8.21. The van der Waals surface area contributed by atoms with E-state index in [1.807, 2.05) is 6.92 Å². The number of alkyl halides is 2. The Balaban J connectivity index is 1.93. The molecule has 0 radical (unpaired) electrons. The highest BCUT2D eigenvalue weighted by atomic mass is 19.3. The molecule has 0 bridgehead atoms.